The molecule has 2 nitrogen and oxygen atoms in total. The van der Waals surface area contributed by atoms with Gasteiger partial charge >= 0.3 is 0 Å². The third kappa shape index (κ3) is 1.60. The van der Waals surface area contributed by atoms with Gasteiger partial charge in [0.1, 0.15) is 12.0 Å². The van der Waals surface area contributed by atoms with E-state index in [9.17, 15) is 9.90 Å². The van der Waals surface area contributed by atoms with Gasteiger partial charge in [0.15, 0.2) is 0 Å². The normalized spacial score (nSPS) is 9.64. The number of hydrogen-bond acceptors (Lipinski definition) is 2. The first-order chi connectivity index (χ1) is 5.15. The Bertz CT molecular complexity index is 294. The van der Waals surface area contributed by atoms with Gasteiger partial charge in [-0.05, 0) is 19.1 Å². The van der Waals surface area contributed by atoms with Crippen molar-refractivity contribution < 1.29 is 9.90 Å². The van der Waals surface area contributed by atoms with E-state index in [2.05, 4.69) is 15.9 Å². The zero-order chi connectivity index (χ0) is 8.43. The zero-order valence-corrected chi connectivity index (χ0v) is 7.55. The van der Waals surface area contributed by atoms with Crippen LogP contribution in [0.5, 0.6) is 5.75 Å². The third-order valence-electron chi connectivity index (χ3n) is 1.51. The predicted molar refractivity (Wildman–Crippen MR) is 45.9 cm³/mol. The highest BCUT2D eigenvalue weighted by molar-refractivity contribution is 9.10. The smallest absolute Gasteiger partial charge is 0.150 e. The molecule has 1 aromatic rings. The Morgan fingerprint density at radius 3 is 2.73 bits per heavy atom. The molecule has 11 heavy (non-hydrogen) atoms. The van der Waals surface area contributed by atoms with E-state index in [0.29, 0.717) is 15.6 Å². The molecule has 0 fully saturated rings. The number of phenols is 1. The highest BCUT2D eigenvalue weighted by Gasteiger charge is 2.03. The molecule has 0 amide bonds. The van der Waals surface area contributed by atoms with Gasteiger partial charge in [-0.3, -0.25) is 4.79 Å². The fraction of sp³-hybridized carbons (Fsp3) is 0.125. The number of benzene rings is 1. The monoisotopic (exact) mass is 214 g/mol. The third-order valence-corrected chi connectivity index (χ3v) is 1.97. The van der Waals surface area contributed by atoms with Gasteiger partial charge < -0.3 is 5.11 Å². The van der Waals surface area contributed by atoms with Crippen LogP contribution in [0.2, 0.25) is 0 Å². The summed E-state index contributed by atoms with van der Waals surface area (Å²) in [4.78, 5) is 10.4. The van der Waals surface area contributed by atoms with Crippen LogP contribution in [0, 0.1) is 6.92 Å². The van der Waals surface area contributed by atoms with Crippen LogP contribution in [0.3, 0.4) is 0 Å². The first-order valence-corrected chi connectivity index (χ1v) is 3.88. The topological polar surface area (TPSA) is 37.3 Å². The molecule has 0 bridgehead atoms. The summed E-state index contributed by atoms with van der Waals surface area (Å²) in [5.74, 6) is 0.140. The average molecular weight is 215 g/mol. The number of rotatable bonds is 1. The maximum atomic E-state index is 10.4. The molecule has 3 heteroatoms. The lowest BCUT2D eigenvalue weighted by Gasteiger charge is -2.01. The second kappa shape index (κ2) is 3.05. The lowest BCUT2D eigenvalue weighted by Crippen LogP contribution is -1.86. The molecule has 0 aromatic heterocycles. The average Bonchev–Trinajstić information content (AvgIpc) is 1.96. The number of hydrogen-bond donors (Lipinski definition) is 1. The lowest BCUT2D eigenvalue weighted by molar-refractivity contribution is 0.112. The number of halogens is 1. The first kappa shape index (κ1) is 8.27. The Hall–Kier alpha value is -0.830. The maximum Gasteiger partial charge on any atom is 0.150 e. The minimum absolute atomic E-state index is 0.140. The number of carbonyl (C=O) groups excluding carboxylic acids is 1. The zero-order valence-electron chi connectivity index (χ0n) is 5.97. The van der Waals surface area contributed by atoms with Gasteiger partial charge in [-0.25, -0.2) is 0 Å². The molecule has 0 aliphatic heterocycles. The van der Waals surface area contributed by atoms with Crippen molar-refractivity contribution in [1.29, 1.82) is 0 Å². The quantitative estimate of drug-likeness (QED) is 0.729. The van der Waals surface area contributed by atoms with Crippen molar-refractivity contribution in [2.75, 3.05) is 0 Å². The summed E-state index contributed by atoms with van der Waals surface area (Å²) < 4.78 is 0.711. The molecule has 0 heterocycles. The Morgan fingerprint density at radius 1 is 1.55 bits per heavy atom. The van der Waals surface area contributed by atoms with Crippen LogP contribution in [-0.2, 0) is 0 Å². The van der Waals surface area contributed by atoms with Gasteiger partial charge in [-0.2, -0.15) is 0 Å². The van der Waals surface area contributed by atoms with Gasteiger partial charge in [-0.1, -0.05) is 15.9 Å². The SMILES string of the molecule is Cc1c(O)cc(Br)cc1C=O. The van der Waals surface area contributed by atoms with Crippen LogP contribution in [0.1, 0.15) is 15.9 Å². The van der Waals surface area contributed by atoms with Gasteiger partial charge in [-0.15, -0.1) is 0 Å². The fourth-order valence-corrected chi connectivity index (χ4v) is 1.27. The second-order valence-corrected chi connectivity index (χ2v) is 3.17. The Morgan fingerprint density at radius 2 is 2.18 bits per heavy atom. The summed E-state index contributed by atoms with van der Waals surface area (Å²) in [6.45, 7) is 1.70. The lowest BCUT2D eigenvalue weighted by atomic mass is 10.1. The molecule has 0 saturated heterocycles. The summed E-state index contributed by atoms with van der Waals surface area (Å²) in [5.41, 5.74) is 1.13. The van der Waals surface area contributed by atoms with Crippen LogP contribution in [0.15, 0.2) is 16.6 Å². The molecule has 1 aromatic carbocycles. The largest absolute Gasteiger partial charge is 0.508 e. The molecular formula is C8H7BrO2. The highest BCUT2D eigenvalue weighted by Crippen LogP contribution is 2.24. The summed E-state index contributed by atoms with van der Waals surface area (Å²) in [5, 5.41) is 9.22. The van der Waals surface area contributed by atoms with E-state index in [1.807, 2.05) is 0 Å². The minimum atomic E-state index is 0.140. The van der Waals surface area contributed by atoms with Crippen molar-refractivity contribution in [2.45, 2.75) is 6.92 Å². The van der Waals surface area contributed by atoms with Gasteiger partial charge in [0.2, 0.25) is 0 Å². The van der Waals surface area contributed by atoms with Crippen molar-refractivity contribution in [3.63, 3.8) is 0 Å². The maximum absolute atomic E-state index is 10.4. The molecule has 58 valence electrons. The van der Waals surface area contributed by atoms with Crippen LogP contribution in [0.4, 0.5) is 0 Å². The molecule has 0 radical (unpaired) electrons. The molecule has 0 aliphatic rings. The molecule has 0 saturated carbocycles. The summed E-state index contributed by atoms with van der Waals surface area (Å²) in [7, 11) is 0. The van der Waals surface area contributed by atoms with E-state index in [4.69, 9.17) is 0 Å². The van der Waals surface area contributed by atoms with E-state index in [1.54, 1.807) is 19.1 Å². The van der Waals surface area contributed by atoms with Crippen molar-refractivity contribution in [1.82, 2.24) is 0 Å². The van der Waals surface area contributed by atoms with E-state index < -0.39 is 0 Å². The van der Waals surface area contributed by atoms with Crippen molar-refractivity contribution in [3.05, 3.63) is 27.7 Å². The van der Waals surface area contributed by atoms with E-state index >= 15 is 0 Å². The fourth-order valence-electron chi connectivity index (χ4n) is 0.808. The summed E-state index contributed by atoms with van der Waals surface area (Å²) in [6.07, 6.45) is 0.722. The Balaban J connectivity index is 3.35. The Kier molecular flexibility index (Phi) is 2.29. The van der Waals surface area contributed by atoms with Crippen LogP contribution in [0.25, 0.3) is 0 Å². The van der Waals surface area contributed by atoms with Crippen molar-refractivity contribution in [2.24, 2.45) is 0 Å². The molecule has 1 rings (SSSR count). The van der Waals surface area contributed by atoms with Gasteiger partial charge in [0.25, 0.3) is 0 Å². The van der Waals surface area contributed by atoms with E-state index in [0.717, 1.165) is 6.29 Å². The first-order valence-electron chi connectivity index (χ1n) is 3.09. The van der Waals surface area contributed by atoms with Gasteiger partial charge in [0.05, 0.1) is 0 Å². The van der Waals surface area contributed by atoms with E-state index in [1.165, 1.54) is 0 Å². The molecule has 0 atom stereocenters. The molecule has 0 spiro atoms. The molecule has 0 unspecified atom stereocenters. The number of aromatic hydroxyl groups is 1. The van der Waals surface area contributed by atoms with Crippen molar-refractivity contribution in [3.8, 4) is 5.75 Å². The number of carbonyl (C=O) groups is 1. The molecular weight excluding hydrogens is 208 g/mol. The Labute approximate surface area is 73.0 Å². The second-order valence-electron chi connectivity index (χ2n) is 2.26. The van der Waals surface area contributed by atoms with Crippen LogP contribution in [-0.4, -0.2) is 11.4 Å². The summed E-state index contributed by atoms with van der Waals surface area (Å²) >= 11 is 3.17. The van der Waals surface area contributed by atoms with E-state index in [-0.39, 0.29) is 5.75 Å². The molecule has 1 N–H and O–H groups in total. The highest BCUT2D eigenvalue weighted by atomic mass is 79.9. The predicted octanol–water partition coefficient (Wildman–Crippen LogP) is 2.28. The summed E-state index contributed by atoms with van der Waals surface area (Å²) in [6, 6.07) is 3.23. The van der Waals surface area contributed by atoms with Crippen molar-refractivity contribution >= 4 is 22.2 Å². The van der Waals surface area contributed by atoms with Crippen LogP contribution < -0.4 is 0 Å². The van der Waals surface area contributed by atoms with Gasteiger partial charge in [0, 0.05) is 15.6 Å². The minimum Gasteiger partial charge on any atom is -0.508 e. The standard InChI is InChI=1S/C8H7BrO2/c1-5-6(4-10)2-7(9)3-8(5)11/h2-4,11H,1H3. The number of aldehydes is 1. The number of phenolic OH excluding ortho intramolecular Hbond substituents is 1. The molecule has 0 aliphatic carbocycles. The van der Waals surface area contributed by atoms with Crippen LogP contribution >= 0.6 is 15.9 Å².